The topological polar surface area (TPSA) is 98.0 Å². The van der Waals surface area contributed by atoms with E-state index in [1.165, 1.54) is 0 Å². The van der Waals surface area contributed by atoms with E-state index in [9.17, 15) is 0 Å². The Morgan fingerprint density at radius 2 is 1.29 bits per heavy atom. The fourth-order valence-corrected chi connectivity index (χ4v) is 7.53. The summed E-state index contributed by atoms with van der Waals surface area (Å²) < 4.78 is 10.6. The van der Waals surface area contributed by atoms with Crippen LogP contribution < -0.4 is 11.0 Å². The van der Waals surface area contributed by atoms with Crippen LogP contribution in [0, 0.1) is 5.16 Å². The van der Waals surface area contributed by atoms with Gasteiger partial charge in [-0.3, -0.25) is 16.2 Å². The molecule has 0 saturated heterocycles. The zero-order valence-corrected chi connectivity index (χ0v) is 13.6. The molecule has 0 aliphatic rings. The van der Waals surface area contributed by atoms with Gasteiger partial charge in [0.25, 0.3) is 7.71 Å². The first-order chi connectivity index (χ1) is 7.46. The lowest BCUT2D eigenvalue weighted by Crippen LogP contribution is -2.39. The summed E-state index contributed by atoms with van der Waals surface area (Å²) in [6, 6.07) is 0. The van der Waals surface area contributed by atoms with Crippen molar-refractivity contribution in [3.63, 3.8) is 0 Å². The van der Waals surface area contributed by atoms with E-state index in [2.05, 4.69) is 18.8 Å². The maximum atomic E-state index is 7.61. The third-order valence-corrected chi connectivity index (χ3v) is 7.52. The molecular formula is C8H26N7P2+. The second kappa shape index (κ2) is 5.85. The minimum absolute atomic E-state index is 0.825. The van der Waals surface area contributed by atoms with E-state index in [1.54, 1.807) is 0 Å². The average molecular weight is 282 g/mol. The summed E-state index contributed by atoms with van der Waals surface area (Å²) in [6.07, 6.45) is 0. The third-order valence-electron chi connectivity index (χ3n) is 2.42. The lowest BCUT2D eigenvalue weighted by atomic mass is 10.9. The molecule has 0 aromatic heterocycles. The van der Waals surface area contributed by atoms with Crippen LogP contribution in [0.1, 0.15) is 6.92 Å². The number of nitrogens with two attached hydrogens (primary N) is 2. The predicted molar refractivity (Wildman–Crippen MR) is 79.1 cm³/mol. The lowest BCUT2D eigenvalue weighted by molar-refractivity contribution is 0.476. The van der Waals surface area contributed by atoms with Gasteiger partial charge in [0.2, 0.25) is 13.0 Å². The summed E-state index contributed by atoms with van der Waals surface area (Å²) in [5.74, 6) is 0. The van der Waals surface area contributed by atoms with Gasteiger partial charge in [0.1, 0.15) is 0 Å². The average Bonchev–Trinajstić information content (AvgIpc) is 1.97. The van der Waals surface area contributed by atoms with Crippen molar-refractivity contribution in [2.75, 3.05) is 42.3 Å². The monoisotopic (exact) mass is 282 g/mol. The molecule has 0 fully saturated rings. The number of nitrogens with zero attached hydrogens (tertiary/aromatic N) is 4. The van der Waals surface area contributed by atoms with E-state index in [-0.39, 0.29) is 0 Å². The van der Waals surface area contributed by atoms with Gasteiger partial charge < -0.3 is 0 Å². The highest BCUT2D eigenvalue weighted by Gasteiger charge is 2.51. The fourth-order valence-electron chi connectivity index (χ4n) is 2.24. The summed E-state index contributed by atoms with van der Waals surface area (Å²) >= 11 is 0. The fraction of sp³-hybridized carbons (Fsp3) is 0.875. The maximum absolute atomic E-state index is 7.61. The van der Waals surface area contributed by atoms with E-state index in [0.717, 1.165) is 5.45 Å². The highest BCUT2D eigenvalue weighted by Crippen LogP contribution is 2.65. The summed E-state index contributed by atoms with van der Waals surface area (Å²) in [4.78, 5) is 0. The van der Waals surface area contributed by atoms with Crippen LogP contribution in [0.5, 0.6) is 0 Å². The Hall–Kier alpha value is 0.130. The molecule has 0 aromatic carbocycles. The second-order valence-corrected chi connectivity index (χ2v) is 10.4. The first-order valence-electron chi connectivity index (χ1n) is 5.17. The molecule has 7 nitrogen and oxygen atoms in total. The van der Waals surface area contributed by atoms with Gasteiger partial charge in [-0.05, 0) is 0 Å². The van der Waals surface area contributed by atoms with Gasteiger partial charge in [-0.15, -0.1) is 14.0 Å². The van der Waals surface area contributed by atoms with E-state index < -0.39 is 15.2 Å². The Bertz CT molecular complexity index is 309. The summed E-state index contributed by atoms with van der Waals surface area (Å²) in [5.41, 5.74) is 12.0. The third kappa shape index (κ3) is 3.80. The summed E-state index contributed by atoms with van der Waals surface area (Å²) in [7, 11) is 7.22. The first kappa shape index (κ1) is 17.1. The molecule has 0 aliphatic carbocycles. The highest BCUT2D eigenvalue weighted by molar-refractivity contribution is 7.85. The predicted octanol–water partition coefficient (Wildman–Crippen LogP) is 1.29. The van der Waals surface area contributed by atoms with Crippen LogP contribution in [0.25, 0.3) is 0 Å². The van der Waals surface area contributed by atoms with Crippen molar-refractivity contribution in [2.45, 2.75) is 6.92 Å². The van der Waals surface area contributed by atoms with Gasteiger partial charge in [-0.2, -0.15) is 4.76 Å². The van der Waals surface area contributed by atoms with Crippen molar-refractivity contribution in [3.05, 3.63) is 0 Å². The molecule has 0 unspecified atom stereocenters. The molecule has 0 amide bonds. The van der Waals surface area contributed by atoms with E-state index in [1.807, 2.05) is 49.2 Å². The Labute approximate surface area is 105 Å². The molecule has 0 saturated carbocycles. The van der Waals surface area contributed by atoms with Crippen LogP contribution in [0.4, 0.5) is 0 Å². The second-order valence-electron chi connectivity index (χ2n) is 4.50. The van der Waals surface area contributed by atoms with Crippen molar-refractivity contribution in [1.29, 1.82) is 5.16 Å². The SMILES string of the molecule is CC(=NP(=N)(N)N)[P+](N(C)C)(N(C)C)N(C)C. The van der Waals surface area contributed by atoms with Crippen molar-refractivity contribution in [2.24, 2.45) is 15.8 Å². The number of hydrogen-bond acceptors (Lipinski definition) is 4. The number of nitrogens with one attached hydrogen (secondary N) is 1. The van der Waals surface area contributed by atoms with E-state index >= 15 is 0 Å². The molecule has 0 bridgehead atoms. The lowest BCUT2D eigenvalue weighted by Gasteiger charge is -2.39. The molecule has 9 heteroatoms. The van der Waals surface area contributed by atoms with Gasteiger partial charge in [0, 0.05) is 49.2 Å². The van der Waals surface area contributed by atoms with E-state index in [4.69, 9.17) is 16.2 Å². The zero-order chi connectivity index (χ0) is 14.0. The largest absolute Gasteiger partial charge is 0.275 e. The Morgan fingerprint density at radius 1 is 1.00 bits per heavy atom. The van der Waals surface area contributed by atoms with Gasteiger partial charge >= 0.3 is 0 Å². The molecule has 0 heterocycles. The minimum Gasteiger partial charge on any atom is -0.271 e. The van der Waals surface area contributed by atoms with E-state index in [0.29, 0.717) is 0 Å². The van der Waals surface area contributed by atoms with Gasteiger partial charge in [-0.25, -0.2) is 0 Å². The molecular weight excluding hydrogens is 256 g/mol. The summed E-state index contributed by atoms with van der Waals surface area (Å²) in [5, 5.41) is 7.61. The Balaban J connectivity index is 5.79. The van der Waals surface area contributed by atoms with Crippen LogP contribution in [-0.2, 0) is 0 Å². The molecule has 17 heavy (non-hydrogen) atoms. The van der Waals surface area contributed by atoms with Gasteiger partial charge in [0.15, 0.2) is 0 Å². The zero-order valence-electron chi connectivity index (χ0n) is 11.8. The smallest absolute Gasteiger partial charge is 0.271 e. The van der Waals surface area contributed by atoms with Crippen molar-refractivity contribution in [3.8, 4) is 0 Å². The summed E-state index contributed by atoms with van der Waals surface area (Å²) in [6.45, 7) is 1.90. The maximum Gasteiger partial charge on any atom is 0.275 e. The van der Waals surface area contributed by atoms with Crippen LogP contribution >= 0.6 is 15.2 Å². The molecule has 0 atom stereocenters. The molecule has 5 N–H and O–H groups in total. The standard InChI is InChI=1S/C8H26N7P2/c1-8(12-17(9,10)11)16(13(2)3,14(4)5)15(6)7/h1-7H3,(H5,9,10,11)/q+1. The molecule has 102 valence electrons. The molecule has 0 radical (unpaired) electrons. The normalized spacial score (nSPS) is 15.2. The number of rotatable bonds is 5. The van der Waals surface area contributed by atoms with Crippen LogP contribution in [0.2, 0.25) is 0 Å². The Kier molecular flexibility index (Phi) is 5.89. The molecule has 0 aromatic rings. The molecule has 0 aliphatic heterocycles. The first-order valence-corrected chi connectivity index (χ1v) is 8.70. The quantitative estimate of drug-likeness (QED) is 0.521. The van der Waals surface area contributed by atoms with Gasteiger partial charge in [-0.1, -0.05) is 0 Å². The van der Waals surface area contributed by atoms with Crippen molar-refractivity contribution >= 4 is 20.7 Å². The van der Waals surface area contributed by atoms with Crippen LogP contribution in [0.3, 0.4) is 0 Å². The van der Waals surface area contributed by atoms with Crippen LogP contribution in [0.15, 0.2) is 4.76 Å². The van der Waals surface area contributed by atoms with Gasteiger partial charge in [0.05, 0.1) is 0 Å². The molecule has 0 spiro atoms. The van der Waals surface area contributed by atoms with Crippen LogP contribution in [-0.4, -0.2) is 61.8 Å². The minimum atomic E-state index is -2.90. The van der Waals surface area contributed by atoms with Crippen molar-refractivity contribution in [1.82, 2.24) is 14.0 Å². The Morgan fingerprint density at radius 3 is 1.47 bits per heavy atom. The highest BCUT2D eigenvalue weighted by atomic mass is 31.2. The van der Waals surface area contributed by atoms with Crippen molar-refractivity contribution < 1.29 is 0 Å². The molecule has 0 rings (SSSR count). The number of hydrogen-bond donors (Lipinski definition) is 3.